The zero-order valence-electron chi connectivity index (χ0n) is 13.7. The number of piperidine rings is 1. The van der Waals surface area contributed by atoms with Crippen molar-refractivity contribution in [3.05, 3.63) is 41.1 Å². The largest absolute Gasteiger partial charge is 0.405 e. The second kappa shape index (κ2) is 7.10. The number of halogens is 3. The van der Waals surface area contributed by atoms with Crippen LogP contribution in [0.2, 0.25) is 0 Å². The van der Waals surface area contributed by atoms with Crippen LogP contribution in [0.25, 0.3) is 0 Å². The van der Waals surface area contributed by atoms with E-state index in [-0.39, 0.29) is 31.8 Å². The molecule has 1 aliphatic rings. The summed E-state index contributed by atoms with van der Waals surface area (Å²) in [7, 11) is 0. The van der Waals surface area contributed by atoms with Gasteiger partial charge in [-0.15, -0.1) is 11.3 Å². The molecule has 0 radical (unpaired) electrons. The van der Waals surface area contributed by atoms with Crippen molar-refractivity contribution in [2.24, 2.45) is 0 Å². The number of imidazole rings is 1. The Morgan fingerprint density at radius 1 is 1.31 bits per heavy atom. The lowest BCUT2D eigenvalue weighted by Crippen LogP contribution is -2.56. The molecule has 0 bridgehead atoms. The van der Waals surface area contributed by atoms with Gasteiger partial charge in [0.2, 0.25) is 5.91 Å². The molecule has 2 amide bonds. The average Bonchev–Trinajstić information content (AvgIpc) is 3.31. The maximum absolute atomic E-state index is 12.6. The SMILES string of the molecule is O=C(c1cccs1)N1CCC(C(=O)NCC(F)(F)F)(n2ccnc2)CC1. The molecule has 1 N–H and O–H groups in total. The molecule has 0 aliphatic carbocycles. The molecule has 0 atom stereocenters. The lowest BCUT2D eigenvalue weighted by atomic mass is 9.86. The fraction of sp³-hybridized carbons (Fsp3) is 0.438. The van der Waals surface area contributed by atoms with Gasteiger partial charge in [0.05, 0.1) is 11.2 Å². The van der Waals surface area contributed by atoms with Gasteiger partial charge in [-0.25, -0.2) is 4.98 Å². The number of nitrogens with one attached hydrogen (secondary N) is 1. The Balaban J connectivity index is 1.75. The summed E-state index contributed by atoms with van der Waals surface area (Å²) >= 11 is 1.33. The summed E-state index contributed by atoms with van der Waals surface area (Å²) in [6, 6.07) is 3.50. The fourth-order valence-corrected chi connectivity index (χ4v) is 3.79. The molecule has 10 heteroatoms. The molecular weight excluding hydrogens is 369 g/mol. The number of carbonyl (C=O) groups is 2. The summed E-state index contributed by atoms with van der Waals surface area (Å²) in [5.74, 6) is -0.842. The van der Waals surface area contributed by atoms with Gasteiger partial charge < -0.3 is 14.8 Å². The van der Waals surface area contributed by atoms with E-state index in [9.17, 15) is 22.8 Å². The molecule has 0 unspecified atom stereocenters. The van der Waals surface area contributed by atoms with Crippen LogP contribution in [-0.2, 0) is 10.3 Å². The molecule has 1 aliphatic heterocycles. The van der Waals surface area contributed by atoms with Crippen LogP contribution >= 0.6 is 11.3 Å². The van der Waals surface area contributed by atoms with E-state index in [1.807, 2.05) is 5.32 Å². The van der Waals surface area contributed by atoms with Gasteiger partial charge in [-0.2, -0.15) is 13.2 Å². The van der Waals surface area contributed by atoms with Gasteiger partial charge in [0.25, 0.3) is 5.91 Å². The molecular formula is C16H17F3N4O2S. The number of nitrogens with zero attached hydrogens (tertiary/aromatic N) is 3. The minimum absolute atomic E-state index is 0.130. The van der Waals surface area contributed by atoms with Crippen molar-refractivity contribution in [2.75, 3.05) is 19.6 Å². The molecule has 3 heterocycles. The Hall–Kier alpha value is -2.36. The van der Waals surface area contributed by atoms with Crippen LogP contribution in [0.5, 0.6) is 0 Å². The average molecular weight is 386 g/mol. The first-order chi connectivity index (χ1) is 12.3. The molecule has 1 fully saturated rings. The summed E-state index contributed by atoms with van der Waals surface area (Å²) in [6.45, 7) is -0.844. The molecule has 2 aromatic rings. The molecule has 0 aromatic carbocycles. The molecule has 3 rings (SSSR count). The highest BCUT2D eigenvalue weighted by Crippen LogP contribution is 2.32. The Kier molecular flexibility index (Phi) is 5.03. The van der Waals surface area contributed by atoms with E-state index in [0.717, 1.165) is 0 Å². The number of alkyl halides is 3. The van der Waals surface area contributed by atoms with Gasteiger partial charge in [0.15, 0.2) is 0 Å². The summed E-state index contributed by atoms with van der Waals surface area (Å²) in [4.78, 5) is 31.2. The second-order valence-corrected chi connectivity index (χ2v) is 7.02. The first kappa shape index (κ1) is 18.4. The van der Waals surface area contributed by atoms with Crippen molar-refractivity contribution < 1.29 is 22.8 Å². The predicted molar refractivity (Wildman–Crippen MR) is 88.7 cm³/mol. The van der Waals surface area contributed by atoms with Gasteiger partial charge in [-0.3, -0.25) is 9.59 Å². The number of aromatic nitrogens is 2. The molecule has 26 heavy (non-hydrogen) atoms. The van der Waals surface area contributed by atoms with E-state index >= 15 is 0 Å². The first-order valence-corrected chi connectivity index (χ1v) is 8.86. The van der Waals surface area contributed by atoms with Crippen molar-refractivity contribution in [3.8, 4) is 0 Å². The smallest absolute Gasteiger partial charge is 0.345 e. The van der Waals surface area contributed by atoms with E-state index in [1.54, 1.807) is 28.6 Å². The van der Waals surface area contributed by atoms with Crippen molar-refractivity contribution >= 4 is 23.2 Å². The van der Waals surface area contributed by atoms with Crippen LogP contribution in [0, 0.1) is 0 Å². The summed E-state index contributed by atoms with van der Waals surface area (Å²) < 4.78 is 39.0. The predicted octanol–water partition coefficient (Wildman–Crippen LogP) is 2.25. The van der Waals surface area contributed by atoms with Crippen LogP contribution in [0.15, 0.2) is 36.2 Å². The number of carbonyl (C=O) groups excluding carboxylic acids is 2. The third-order valence-corrected chi connectivity index (χ3v) is 5.34. The Bertz CT molecular complexity index is 751. The number of rotatable bonds is 4. The van der Waals surface area contributed by atoms with Gasteiger partial charge in [0, 0.05) is 25.5 Å². The van der Waals surface area contributed by atoms with Crippen molar-refractivity contribution in [1.82, 2.24) is 19.8 Å². The first-order valence-electron chi connectivity index (χ1n) is 7.98. The Morgan fingerprint density at radius 3 is 2.58 bits per heavy atom. The second-order valence-electron chi connectivity index (χ2n) is 6.07. The number of amides is 2. The third kappa shape index (κ3) is 3.74. The van der Waals surface area contributed by atoms with Crippen molar-refractivity contribution in [2.45, 2.75) is 24.6 Å². The highest BCUT2D eigenvalue weighted by molar-refractivity contribution is 7.12. The number of hydrogen-bond acceptors (Lipinski definition) is 4. The van der Waals surface area contributed by atoms with E-state index in [4.69, 9.17) is 0 Å². The van der Waals surface area contributed by atoms with Gasteiger partial charge in [0.1, 0.15) is 12.1 Å². The fourth-order valence-electron chi connectivity index (χ4n) is 3.10. The van der Waals surface area contributed by atoms with E-state index in [2.05, 4.69) is 4.98 Å². The number of hydrogen-bond donors (Lipinski definition) is 1. The summed E-state index contributed by atoms with van der Waals surface area (Å²) in [5.41, 5.74) is -1.19. The maximum Gasteiger partial charge on any atom is 0.405 e. The van der Waals surface area contributed by atoms with Gasteiger partial charge in [-0.1, -0.05) is 6.07 Å². The van der Waals surface area contributed by atoms with Crippen LogP contribution in [0.3, 0.4) is 0 Å². The van der Waals surface area contributed by atoms with Gasteiger partial charge in [-0.05, 0) is 24.3 Å². The lowest BCUT2D eigenvalue weighted by Gasteiger charge is -2.41. The zero-order valence-corrected chi connectivity index (χ0v) is 14.5. The van der Waals surface area contributed by atoms with Gasteiger partial charge >= 0.3 is 6.18 Å². The minimum atomic E-state index is -4.48. The lowest BCUT2D eigenvalue weighted by molar-refractivity contribution is -0.145. The van der Waals surface area contributed by atoms with Crippen molar-refractivity contribution in [1.29, 1.82) is 0 Å². The Morgan fingerprint density at radius 2 is 2.04 bits per heavy atom. The number of thiophene rings is 1. The highest BCUT2D eigenvalue weighted by Gasteiger charge is 2.44. The van der Waals surface area contributed by atoms with Crippen LogP contribution in [0.4, 0.5) is 13.2 Å². The molecule has 2 aromatic heterocycles. The van der Waals surface area contributed by atoms with E-state index in [1.165, 1.54) is 28.4 Å². The highest BCUT2D eigenvalue weighted by atomic mass is 32.1. The zero-order chi connectivity index (χ0) is 18.8. The maximum atomic E-state index is 12.6. The van der Waals surface area contributed by atoms with Crippen LogP contribution in [0.1, 0.15) is 22.5 Å². The number of likely N-dealkylation sites (tertiary alicyclic amines) is 1. The summed E-state index contributed by atoms with van der Waals surface area (Å²) in [5, 5.41) is 3.78. The third-order valence-electron chi connectivity index (χ3n) is 4.48. The minimum Gasteiger partial charge on any atom is -0.345 e. The Labute approximate surface area is 151 Å². The molecule has 1 saturated heterocycles. The molecule has 6 nitrogen and oxygen atoms in total. The standard InChI is InChI=1S/C16H17F3N4O2S/c17-16(18,19)10-21-14(25)15(23-8-5-20-11-23)3-6-22(7-4-15)13(24)12-2-1-9-26-12/h1-2,5,8-9,11H,3-4,6-7,10H2,(H,21,25). The summed E-state index contributed by atoms with van der Waals surface area (Å²) in [6.07, 6.45) is 0.395. The monoisotopic (exact) mass is 386 g/mol. The molecule has 0 spiro atoms. The normalized spacial score (nSPS) is 17.1. The van der Waals surface area contributed by atoms with E-state index in [0.29, 0.717) is 4.88 Å². The molecule has 0 saturated carbocycles. The van der Waals surface area contributed by atoms with Crippen LogP contribution < -0.4 is 5.32 Å². The quantitative estimate of drug-likeness (QED) is 0.877. The topological polar surface area (TPSA) is 67.2 Å². The van der Waals surface area contributed by atoms with Crippen LogP contribution in [-0.4, -0.2) is 52.1 Å². The molecule has 140 valence electrons. The van der Waals surface area contributed by atoms with E-state index < -0.39 is 24.2 Å². The van der Waals surface area contributed by atoms with Crippen molar-refractivity contribution in [3.63, 3.8) is 0 Å².